The van der Waals surface area contributed by atoms with E-state index in [2.05, 4.69) is 67.5 Å². The number of unbranched alkanes of at least 4 members (excludes halogenated alkanes) is 2. The molecule has 2 aliphatic rings. The summed E-state index contributed by atoms with van der Waals surface area (Å²) in [6.07, 6.45) is 7.20. The van der Waals surface area contributed by atoms with E-state index in [0.717, 1.165) is 43.1 Å². The summed E-state index contributed by atoms with van der Waals surface area (Å²) in [5, 5.41) is 1.34. The molecule has 0 atom stereocenters. The van der Waals surface area contributed by atoms with Crippen LogP contribution in [0.5, 0.6) is 5.75 Å². The molecular weight excluding hydrogens is 461 g/mol. The Kier molecular flexibility index (Phi) is 9.62. The molecule has 5 heteroatoms. The van der Waals surface area contributed by atoms with Gasteiger partial charge in [-0.3, -0.25) is 0 Å². The number of nitrogens with zero attached hydrogens (tertiary/aromatic N) is 3. The van der Waals surface area contributed by atoms with E-state index in [0.29, 0.717) is 0 Å². The van der Waals surface area contributed by atoms with Crippen LogP contribution in [0.4, 0.5) is 5.69 Å². The Labute approximate surface area is 200 Å². The number of hydrogen-bond acceptors (Lipinski definition) is 3. The van der Waals surface area contributed by atoms with Crippen LogP contribution in [0, 0.1) is 0 Å². The molecular formula is C27H40N3OSe+. The Morgan fingerprint density at radius 2 is 1.59 bits per heavy atom. The van der Waals surface area contributed by atoms with Crippen molar-refractivity contribution >= 4 is 30.0 Å². The van der Waals surface area contributed by atoms with Gasteiger partial charge in [0.05, 0.1) is 0 Å². The minimum atomic E-state index is 0.219. The van der Waals surface area contributed by atoms with E-state index >= 15 is 0 Å². The van der Waals surface area contributed by atoms with Gasteiger partial charge in [0.25, 0.3) is 0 Å². The Balaban J connectivity index is 2.14. The zero-order chi connectivity index (χ0) is 22.9. The maximum atomic E-state index is 5.83. The molecule has 32 heavy (non-hydrogen) atoms. The van der Waals surface area contributed by atoms with E-state index in [1.807, 2.05) is 0 Å². The molecule has 0 radical (unpaired) electrons. The molecule has 0 N–H and O–H groups in total. The molecule has 4 nitrogen and oxygen atoms in total. The zero-order valence-electron chi connectivity index (χ0n) is 20.6. The third kappa shape index (κ3) is 5.93. The zero-order valence-corrected chi connectivity index (χ0v) is 22.3. The van der Waals surface area contributed by atoms with Gasteiger partial charge in [-0.05, 0) is 0 Å². The summed E-state index contributed by atoms with van der Waals surface area (Å²) in [6.45, 7) is 13.5. The molecule has 0 spiro atoms. The van der Waals surface area contributed by atoms with E-state index in [1.54, 1.807) is 7.11 Å². The van der Waals surface area contributed by atoms with Crippen molar-refractivity contribution in [3.05, 3.63) is 35.7 Å². The average Bonchev–Trinajstić information content (AvgIpc) is 2.81. The molecule has 1 aliphatic carbocycles. The summed E-state index contributed by atoms with van der Waals surface area (Å²) in [5.74, 6) is 0.908. The van der Waals surface area contributed by atoms with Gasteiger partial charge in [-0.25, -0.2) is 0 Å². The van der Waals surface area contributed by atoms with Gasteiger partial charge in [-0.1, -0.05) is 0 Å². The number of ether oxygens (including phenoxy) is 1. The van der Waals surface area contributed by atoms with E-state index in [1.165, 1.54) is 58.3 Å². The van der Waals surface area contributed by atoms with Gasteiger partial charge in [0.15, 0.2) is 0 Å². The average molecular weight is 502 g/mol. The number of hydrogen-bond donors (Lipinski definition) is 0. The summed E-state index contributed by atoms with van der Waals surface area (Å²) in [5.41, 5.74) is 3.42. The predicted molar refractivity (Wildman–Crippen MR) is 139 cm³/mol. The summed E-state index contributed by atoms with van der Waals surface area (Å²) in [4.78, 5) is 7.59. The van der Waals surface area contributed by atoms with Crippen molar-refractivity contribution in [1.82, 2.24) is 9.56 Å². The van der Waals surface area contributed by atoms with Crippen LogP contribution in [0.3, 0.4) is 0 Å². The summed E-state index contributed by atoms with van der Waals surface area (Å²) in [6, 6.07) is 11.4. The summed E-state index contributed by atoms with van der Waals surface area (Å²) < 4.78 is 11.1. The summed E-state index contributed by atoms with van der Waals surface area (Å²) >= 11 is 0.219. The Bertz CT molecular complexity index is 1030. The van der Waals surface area contributed by atoms with Gasteiger partial charge in [-0.15, -0.1) is 0 Å². The second-order valence-corrected chi connectivity index (χ2v) is 10.8. The van der Waals surface area contributed by atoms with Crippen molar-refractivity contribution in [2.45, 2.75) is 66.2 Å². The van der Waals surface area contributed by atoms with Gasteiger partial charge in [0.1, 0.15) is 0 Å². The van der Waals surface area contributed by atoms with Crippen molar-refractivity contribution in [2.24, 2.45) is 0 Å². The first-order valence-electron chi connectivity index (χ1n) is 12.4. The molecule has 0 fully saturated rings. The molecule has 0 bridgehead atoms. The van der Waals surface area contributed by atoms with Gasteiger partial charge in [0.2, 0.25) is 0 Å². The molecule has 174 valence electrons. The normalized spacial score (nSPS) is 11.3. The topological polar surface area (TPSA) is 28.4 Å². The number of benzene rings is 2. The van der Waals surface area contributed by atoms with Crippen LogP contribution in [0.25, 0.3) is 19.9 Å². The first-order chi connectivity index (χ1) is 15.6. The van der Waals surface area contributed by atoms with E-state index in [9.17, 15) is 0 Å². The van der Waals surface area contributed by atoms with Crippen molar-refractivity contribution in [3.63, 3.8) is 0 Å². The van der Waals surface area contributed by atoms with Crippen LogP contribution >= 0.6 is 0 Å². The molecule has 0 saturated heterocycles. The molecule has 3 rings (SSSR count). The molecule has 0 amide bonds. The molecule has 1 aliphatic heterocycles. The summed E-state index contributed by atoms with van der Waals surface area (Å²) in [7, 11) is 1.77. The molecule has 0 unspecified atom stereocenters. The first kappa shape index (κ1) is 24.8. The monoisotopic (exact) mass is 502 g/mol. The van der Waals surface area contributed by atoms with Crippen LogP contribution in [-0.4, -0.2) is 52.8 Å². The minimum absolute atomic E-state index is 0.219. The van der Waals surface area contributed by atoms with E-state index < -0.39 is 0 Å². The van der Waals surface area contributed by atoms with Gasteiger partial charge in [-0.2, -0.15) is 0 Å². The number of anilines is 1. The van der Waals surface area contributed by atoms with Gasteiger partial charge < -0.3 is 0 Å². The van der Waals surface area contributed by atoms with Crippen molar-refractivity contribution in [2.75, 3.05) is 38.2 Å². The molecule has 1 aromatic carbocycles. The van der Waals surface area contributed by atoms with E-state index in [4.69, 9.17) is 9.72 Å². The fraction of sp³-hybridized carbons (Fsp3) is 0.556. The Morgan fingerprint density at radius 1 is 0.906 bits per heavy atom. The van der Waals surface area contributed by atoms with Crippen molar-refractivity contribution in [3.8, 4) is 15.9 Å². The van der Waals surface area contributed by atoms with Crippen LogP contribution in [0.1, 0.15) is 66.2 Å². The fourth-order valence-corrected chi connectivity index (χ4v) is 6.40. The van der Waals surface area contributed by atoms with Crippen LogP contribution in [0.2, 0.25) is 0 Å². The van der Waals surface area contributed by atoms with Crippen LogP contribution in [0.15, 0.2) is 30.3 Å². The van der Waals surface area contributed by atoms with Crippen LogP contribution in [-0.2, 0) is 0 Å². The third-order valence-electron chi connectivity index (χ3n) is 5.92. The molecule has 0 aromatic heterocycles. The Hall–Kier alpha value is -1.84. The van der Waals surface area contributed by atoms with Gasteiger partial charge >= 0.3 is 200 Å². The SMILES string of the molecule is CCCCN(CCCC)c1cc(OC)c2nc3ccc(=[N+](CCC)CCC)cc-3[se]c2c1. The van der Waals surface area contributed by atoms with Gasteiger partial charge in [0, 0.05) is 0 Å². The Morgan fingerprint density at radius 3 is 2.19 bits per heavy atom. The van der Waals surface area contributed by atoms with Crippen molar-refractivity contribution in [1.29, 1.82) is 0 Å². The maximum absolute atomic E-state index is 5.83. The van der Waals surface area contributed by atoms with Crippen molar-refractivity contribution < 1.29 is 4.74 Å². The van der Waals surface area contributed by atoms with E-state index in [-0.39, 0.29) is 14.5 Å². The fourth-order valence-electron chi connectivity index (χ4n) is 4.18. The third-order valence-corrected chi connectivity index (χ3v) is 8.18. The number of methoxy groups -OCH3 is 1. The number of fused-ring (bicyclic) bond motifs is 2. The second-order valence-electron chi connectivity index (χ2n) is 8.54. The molecule has 1 aromatic rings. The quantitative estimate of drug-likeness (QED) is 0.189. The first-order valence-corrected chi connectivity index (χ1v) is 14.1. The predicted octanol–water partition coefficient (Wildman–Crippen LogP) is 5.40. The second kappa shape index (κ2) is 12.4. The molecule has 0 saturated carbocycles. The number of aromatic nitrogens is 1. The number of rotatable bonds is 12. The standard InChI is InChI=1S/C27H40N3OSe/c1-6-10-16-30(17-11-7-2)22-18-24(31-5)27-26(20-22)32-25-19-21(12-13-23(25)28-27)29(14-8-3)15-9-4/h12-13,18-20H,6-11,14-17H2,1-5H3/q+1. The molecule has 1 heterocycles. The van der Waals surface area contributed by atoms with Crippen LogP contribution < -0.4 is 19.6 Å².